The van der Waals surface area contributed by atoms with Crippen LogP contribution in [0, 0.1) is 0 Å². The molecule has 0 aliphatic carbocycles. The number of rotatable bonds is 6. The summed E-state index contributed by atoms with van der Waals surface area (Å²) in [6.07, 6.45) is 1.74. The van der Waals surface area contributed by atoms with E-state index in [0.29, 0.717) is 17.6 Å². The van der Waals surface area contributed by atoms with Gasteiger partial charge in [-0.3, -0.25) is 0 Å². The normalized spacial score (nSPS) is 12.5. The first-order chi connectivity index (χ1) is 9.17. The van der Waals surface area contributed by atoms with E-state index in [-0.39, 0.29) is 5.75 Å². The minimum Gasteiger partial charge on any atom is -0.508 e. The first-order valence-electron chi connectivity index (χ1n) is 6.38. The van der Waals surface area contributed by atoms with E-state index in [4.69, 9.17) is 4.52 Å². The monoisotopic (exact) mass is 278 g/mol. The molecule has 5 heteroatoms. The Hall–Kier alpha value is -1.49. The molecule has 0 saturated heterocycles. The molecule has 1 aromatic carbocycles. The van der Waals surface area contributed by atoms with Gasteiger partial charge in [0.25, 0.3) is 0 Å². The largest absolute Gasteiger partial charge is 0.508 e. The van der Waals surface area contributed by atoms with Crippen molar-refractivity contribution >= 4 is 11.8 Å². The van der Waals surface area contributed by atoms with E-state index < -0.39 is 0 Å². The van der Waals surface area contributed by atoms with Gasteiger partial charge in [0.1, 0.15) is 5.75 Å². The molecule has 1 heterocycles. The fourth-order valence-electron chi connectivity index (χ4n) is 1.54. The second kappa shape index (κ2) is 6.61. The number of benzene rings is 1. The lowest BCUT2D eigenvalue weighted by Crippen LogP contribution is -1.95. The number of hydrogen-bond acceptors (Lipinski definition) is 5. The smallest absolute Gasteiger partial charge is 0.231 e. The second-order valence-electron chi connectivity index (χ2n) is 4.48. The molecule has 0 spiro atoms. The van der Waals surface area contributed by atoms with Crippen LogP contribution in [0.3, 0.4) is 0 Å². The molecule has 1 aromatic heterocycles. The van der Waals surface area contributed by atoms with Gasteiger partial charge >= 0.3 is 0 Å². The summed E-state index contributed by atoms with van der Waals surface area (Å²) in [4.78, 5) is 4.37. The minimum absolute atomic E-state index is 0.264. The Bertz CT molecular complexity index is 510. The van der Waals surface area contributed by atoms with Crippen LogP contribution in [0.15, 0.2) is 28.8 Å². The Morgan fingerprint density at radius 3 is 2.74 bits per heavy atom. The zero-order valence-corrected chi connectivity index (χ0v) is 12.0. The summed E-state index contributed by atoms with van der Waals surface area (Å²) < 4.78 is 5.23. The van der Waals surface area contributed by atoms with Gasteiger partial charge in [0, 0.05) is 5.25 Å². The Labute approximate surface area is 117 Å². The van der Waals surface area contributed by atoms with Crippen molar-refractivity contribution in [2.24, 2.45) is 0 Å². The van der Waals surface area contributed by atoms with Crippen LogP contribution < -0.4 is 0 Å². The molecule has 1 N–H and O–H groups in total. The maximum absolute atomic E-state index is 9.22. The standard InChI is InChI=1S/C14H18N2O2S/c1-3-10(2)19-9-13-15-14(18-16-13)8-11-4-6-12(17)7-5-11/h4-7,10,17H,3,8-9H2,1-2H3. The number of nitrogens with zero attached hydrogens (tertiary/aromatic N) is 2. The minimum atomic E-state index is 0.264. The predicted octanol–water partition coefficient (Wildman–Crippen LogP) is 3.40. The van der Waals surface area contributed by atoms with Crippen LogP contribution in [0.4, 0.5) is 0 Å². The molecular formula is C14H18N2O2S. The van der Waals surface area contributed by atoms with E-state index in [2.05, 4.69) is 24.0 Å². The van der Waals surface area contributed by atoms with Crippen molar-refractivity contribution in [3.05, 3.63) is 41.5 Å². The third kappa shape index (κ3) is 4.28. The second-order valence-corrected chi connectivity index (χ2v) is 5.90. The van der Waals surface area contributed by atoms with Crippen LogP contribution in [0.2, 0.25) is 0 Å². The molecule has 0 bridgehead atoms. The number of aromatic nitrogens is 2. The highest BCUT2D eigenvalue weighted by atomic mass is 32.2. The zero-order valence-electron chi connectivity index (χ0n) is 11.2. The van der Waals surface area contributed by atoms with E-state index >= 15 is 0 Å². The Morgan fingerprint density at radius 2 is 2.05 bits per heavy atom. The highest BCUT2D eigenvalue weighted by molar-refractivity contribution is 7.99. The van der Waals surface area contributed by atoms with Crippen LogP contribution in [0.1, 0.15) is 37.5 Å². The Balaban J connectivity index is 1.91. The van der Waals surface area contributed by atoms with E-state index in [9.17, 15) is 5.11 Å². The molecule has 2 rings (SSSR count). The molecule has 0 aliphatic heterocycles. The lowest BCUT2D eigenvalue weighted by molar-refractivity contribution is 0.381. The van der Waals surface area contributed by atoms with Gasteiger partial charge in [-0.15, -0.1) is 0 Å². The fourth-order valence-corrected chi connectivity index (χ4v) is 2.33. The summed E-state index contributed by atoms with van der Waals surface area (Å²) in [7, 11) is 0. The topological polar surface area (TPSA) is 59.2 Å². The summed E-state index contributed by atoms with van der Waals surface area (Å²) in [5, 5.41) is 13.8. The van der Waals surface area contributed by atoms with Gasteiger partial charge < -0.3 is 9.63 Å². The van der Waals surface area contributed by atoms with Gasteiger partial charge in [0.15, 0.2) is 5.82 Å². The summed E-state index contributed by atoms with van der Waals surface area (Å²) in [5.74, 6) is 2.41. The van der Waals surface area contributed by atoms with E-state index in [1.165, 1.54) is 0 Å². The highest BCUT2D eigenvalue weighted by Gasteiger charge is 2.09. The first-order valence-corrected chi connectivity index (χ1v) is 7.43. The van der Waals surface area contributed by atoms with Crippen LogP contribution in [-0.4, -0.2) is 20.5 Å². The van der Waals surface area contributed by atoms with Gasteiger partial charge in [0.2, 0.25) is 5.89 Å². The van der Waals surface area contributed by atoms with Gasteiger partial charge in [0.05, 0.1) is 12.2 Å². The summed E-state index contributed by atoms with van der Waals surface area (Å²) >= 11 is 1.83. The predicted molar refractivity (Wildman–Crippen MR) is 76.3 cm³/mol. The molecule has 0 aliphatic rings. The van der Waals surface area contributed by atoms with Crippen molar-refractivity contribution in [2.75, 3.05) is 0 Å². The number of phenols is 1. The van der Waals surface area contributed by atoms with Crippen molar-refractivity contribution in [1.29, 1.82) is 0 Å². The Morgan fingerprint density at radius 1 is 1.32 bits per heavy atom. The highest BCUT2D eigenvalue weighted by Crippen LogP contribution is 2.19. The summed E-state index contributed by atoms with van der Waals surface area (Å²) in [6, 6.07) is 7.02. The molecule has 0 fully saturated rings. The lowest BCUT2D eigenvalue weighted by Gasteiger charge is -2.04. The van der Waals surface area contributed by atoms with Crippen LogP contribution in [0.25, 0.3) is 0 Å². The van der Waals surface area contributed by atoms with E-state index in [1.54, 1.807) is 12.1 Å². The van der Waals surface area contributed by atoms with Crippen LogP contribution in [-0.2, 0) is 12.2 Å². The average molecular weight is 278 g/mol. The van der Waals surface area contributed by atoms with E-state index in [0.717, 1.165) is 23.6 Å². The van der Waals surface area contributed by atoms with Gasteiger partial charge in [-0.1, -0.05) is 31.1 Å². The maximum Gasteiger partial charge on any atom is 0.231 e. The maximum atomic E-state index is 9.22. The van der Waals surface area contributed by atoms with Crippen molar-refractivity contribution in [1.82, 2.24) is 10.1 Å². The molecule has 102 valence electrons. The third-order valence-corrected chi connectivity index (χ3v) is 4.20. The molecule has 19 heavy (non-hydrogen) atoms. The zero-order chi connectivity index (χ0) is 13.7. The van der Waals surface area contributed by atoms with Gasteiger partial charge in [-0.25, -0.2) is 0 Å². The van der Waals surface area contributed by atoms with Crippen molar-refractivity contribution in [2.45, 2.75) is 37.7 Å². The molecule has 1 unspecified atom stereocenters. The molecule has 0 saturated carbocycles. The molecule has 4 nitrogen and oxygen atoms in total. The van der Waals surface area contributed by atoms with Crippen molar-refractivity contribution < 1.29 is 9.63 Å². The summed E-state index contributed by atoms with van der Waals surface area (Å²) in [5.41, 5.74) is 1.04. The lowest BCUT2D eigenvalue weighted by atomic mass is 10.1. The quantitative estimate of drug-likeness (QED) is 0.877. The van der Waals surface area contributed by atoms with Crippen molar-refractivity contribution in [3.8, 4) is 5.75 Å². The average Bonchev–Trinajstić information content (AvgIpc) is 2.86. The Kier molecular flexibility index (Phi) is 4.85. The molecule has 0 radical (unpaired) electrons. The molecule has 2 aromatic rings. The first kappa shape index (κ1) is 13.9. The van der Waals surface area contributed by atoms with Gasteiger partial charge in [-0.2, -0.15) is 16.7 Å². The fraction of sp³-hybridized carbons (Fsp3) is 0.429. The number of phenolic OH excluding ortho intramolecular Hbond substituents is 1. The van der Waals surface area contributed by atoms with Gasteiger partial charge in [-0.05, 0) is 24.1 Å². The summed E-state index contributed by atoms with van der Waals surface area (Å²) in [6.45, 7) is 4.37. The number of hydrogen-bond donors (Lipinski definition) is 1. The van der Waals surface area contributed by atoms with Crippen LogP contribution >= 0.6 is 11.8 Å². The SMILES string of the molecule is CCC(C)SCc1noc(Cc2ccc(O)cc2)n1. The number of aromatic hydroxyl groups is 1. The third-order valence-electron chi connectivity index (χ3n) is 2.87. The molecular weight excluding hydrogens is 260 g/mol. The molecule has 1 atom stereocenters. The van der Waals surface area contributed by atoms with E-state index in [1.807, 2.05) is 23.9 Å². The van der Waals surface area contributed by atoms with Crippen molar-refractivity contribution in [3.63, 3.8) is 0 Å². The van der Waals surface area contributed by atoms with Crippen LogP contribution in [0.5, 0.6) is 5.75 Å². The number of thioether (sulfide) groups is 1. The molecule has 0 amide bonds.